The molecule has 0 bridgehead atoms. The van der Waals surface area contributed by atoms with E-state index in [4.69, 9.17) is 0 Å². The van der Waals surface area contributed by atoms with Gasteiger partial charge in [-0.15, -0.1) is 0 Å². The molecule has 0 aliphatic heterocycles. The van der Waals surface area contributed by atoms with Gasteiger partial charge in [0.05, 0.1) is 5.54 Å². The maximum absolute atomic E-state index is 13.3. The van der Waals surface area contributed by atoms with Gasteiger partial charge in [-0.3, -0.25) is 4.79 Å². The first-order valence-corrected chi connectivity index (χ1v) is 10.7. The summed E-state index contributed by atoms with van der Waals surface area (Å²) in [5.41, 5.74) is 4.93. The van der Waals surface area contributed by atoms with Crippen LogP contribution in [0.15, 0.2) is 60.7 Å². The highest BCUT2D eigenvalue weighted by Crippen LogP contribution is 2.48. The lowest BCUT2D eigenvalue weighted by atomic mass is 9.96. The van der Waals surface area contributed by atoms with E-state index in [9.17, 15) is 4.79 Å². The highest BCUT2D eigenvalue weighted by atomic mass is 16.1. The molecule has 3 N–H and O–H groups in total. The lowest BCUT2D eigenvalue weighted by Crippen LogP contribution is -2.35. The highest BCUT2D eigenvalue weighted by Gasteiger charge is 2.46. The minimum Gasteiger partial charge on any atom is -0.358 e. The van der Waals surface area contributed by atoms with E-state index in [1.54, 1.807) is 0 Å². The Balaban J connectivity index is 1.46. The van der Waals surface area contributed by atoms with Crippen LogP contribution in [-0.2, 0) is 12.0 Å². The van der Waals surface area contributed by atoms with Crippen molar-refractivity contribution >= 4 is 27.6 Å². The van der Waals surface area contributed by atoms with Crippen molar-refractivity contribution in [3.8, 4) is 0 Å². The molecule has 1 aromatic heterocycles. The molecule has 0 radical (unpaired) electrons. The Morgan fingerprint density at radius 2 is 1.83 bits per heavy atom. The van der Waals surface area contributed by atoms with Crippen LogP contribution in [0.25, 0.3) is 21.7 Å². The van der Waals surface area contributed by atoms with Crippen molar-refractivity contribution in [2.45, 2.75) is 31.7 Å². The third kappa shape index (κ3) is 3.27. The Kier molecular flexibility index (Phi) is 4.59. The Morgan fingerprint density at radius 3 is 2.63 bits per heavy atom. The first-order valence-electron chi connectivity index (χ1n) is 10.7. The number of aryl methyl sites for hydroxylation is 1. The van der Waals surface area contributed by atoms with Crippen LogP contribution >= 0.6 is 0 Å². The second kappa shape index (κ2) is 7.29. The Bertz CT molecular complexity index is 1240. The summed E-state index contributed by atoms with van der Waals surface area (Å²) in [5.74, 6) is 0.00575. The number of carbonyl (C=O) groups is 1. The normalized spacial score (nSPS) is 14.9. The molecule has 1 saturated carbocycles. The molecule has 1 aliphatic carbocycles. The molecule has 0 atom stereocenters. The number of aromatic nitrogens is 1. The molecule has 1 fully saturated rings. The number of H-pyrrole nitrogens is 1. The van der Waals surface area contributed by atoms with Crippen molar-refractivity contribution in [3.05, 3.63) is 83.0 Å². The second-order valence-electron chi connectivity index (χ2n) is 8.47. The molecule has 0 unspecified atom stereocenters. The lowest BCUT2D eigenvalue weighted by Gasteiger charge is -2.21. The van der Waals surface area contributed by atoms with Gasteiger partial charge in [0, 0.05) is 23.3 Å². The van der Waals surface area contributed by atoms with Gasteiger partial charge in [0.25, 0.3) is 5.91 Å². The van der Waals surface area contributed by atoms with Gasteiger partial charge in [0.2, 0.25) is 0 Å². The molecule has 152 valence electrons. The largest absolute Gasteiger partial charge is 0.358 e. The molecular formula is C26H27N3O. The standard InChI is InChI=1S/C26H27N3O/c1-17-14-19-15-20(10-13-27-2)28-24(19)16-22(17)25(30)29-26(11-12-26)23-9-5-7-18-6-3-4-8-21(18)23/h3-9,14-16,27-28H,10-13H2,1-2H3,(H,29,30). The van der Waals surface area contributed by atoms with Crippen molar-refractivity contribution in [1.29, 1.82) is 0 Å². The quantitative estimate of drug-likeness (QED) is 0.437. The summed E-state index contributed by atoms with van der Waals surface area (Å²) in [7, 11) is 1.96. The molecule has 5 rings (SSSR count). The first-order chi connectivity index (χ1) is 14.6. The number of hydrogen-bond donors (Lipinski definition) is 3. The molecule has 3 aromatic carbocycles. The summed E-state index contributed by atoms with van der Waals surface area (Å²) in [6, 6.07) is 21.1. The minimum absolute atomic E-state index is 0.00575. The van der Waals surface area contributed by atoms with E-state index in [1.165, 1.54) is 22.0 Å². The SMILES string of the molecule is CNCCc1cc2cc(C)c(C(=O)NC3(c4cccc5ccccc45)CC3)cc2[nH]1. The molecule has 0 spiro atoms. The van der Waals surface area contributed by atoms with Crippen LogP contribution in [-0.4, -0.2) is 24.5 Å². The van der Waals surface area contributed by atoms with Crippen LogP contribution in [0.3, 0.4) is 0 Å². The Hall–Kier alpha value is -3.11. The monoisotopic (exact) mass is 397 g/mol. The third-order valence-electron chi connectivity index (χ3n) is 6.32. The number of nitrogens with one attached hydrogen (secondary N) is 3. The summed E-state index contributed by atoms with van der Waals surface area (Å²) in [4.78, 5) is 16.8. The predicted octanol–water partition coefficient (Wildman–Crippen LogP) is 4.81. The number of carbonyl (C=O) groups excluding carboxylic acids is 1. The van der Waals surface area contributed by atoms with E-state index >= 15 is 0 Å². The van der Waals surface area contributed by atoms with Crippen molar-refractivity contribution in [1.82, 2.24) is 15.6 Å². The molecule has 1 amide bonds. The number of fused-ring (bicyclic) bond motifs is 2. The number of rotatable bonds is 6. The molecule has 4 heteroatoms. The van der Waals surface area contributed by atoms with Crippen LogP contribution in [0.5, 0.6) is 0 Å². The van der Waals surface area contributed by atoms with Crippen molar-refractivity contribution in [2.75, 3.05) is 13.6 Å². The number of benzene rings is 3. The summed E-state index contributed by atoms with van der Waals surface area (Å²) in [5, 5.41) is 10.2. The molecular weight excluding hydrogens is 370 g/mol. The van der Waals surface area contributed by atoms with E-state index in [0.717, 1.165) is 47.8 Å². The van der Waals surface area contributed by atoms with Crippen molar-refractivity contribution in [3.63, 3.8) is 0 Å². The second-order valence-corrected chi connectivity index (χ2v) is 8.47. The van der Waals surface area contributed by atoms with Gasteiger partial charge < -0.3 is 15.6 Å². The fourth-order valence-electron chi connectivity index (χ4n) is 4.51. The van der Waals surface area contributed by atoms with Gasteiger partial charge in [0.1, 0.15) is 0 Å². The van der Waals surface area contributed by atoms with Gasteiger partial charge in [0.15, 0.2) is 0 Å². The van der Waals surface area contributed by atoms with Gasteiger partial charge in [-0.05, 0) is 78.7 Å². The van der Waals surface area contributed by atoms with E-state index < -0.39 is 0 Å². The maximum Gasteiger partial charge on any atom is 0.252 e. The Labute approximate surface area is 176 Å². The zero-order chi connectivity index (χ0) is 20.7. The minimum atomic E-state index is -0.257. The van der Waals surface area contributed by atoms with Crippen LogP contribution < -0.4 is 10.6 Å². The topological polar surface area (TPSA) is 56.9 Å². The highest BCUT2D eigenvalue weighted by molar-refractivity contribution is 6.00. The maximum atomic E-state index is 13.3. The molecule has 4 nitrogen and oxygen atoms in total. The summed E-state index contributed by atoms with van der Waals surface area (Å²) >= 11 is 0. The van der Waals surface area contributed by atoms with Crippen LogP contribution in [0.1, 0.15) is 40.0 Å². The number of amides is 1. The first kappa shape index (κ1) is 18.9. The predicted molar refractivity (Wildman–Crippen MR) is 123 cm³/mol. The van der Waals surface area contributed by atoms with E-state index in [-0.39, 0.29) is 11.4 Å². The van der Waals surface area contributed by atoms with Gasteiger partial charge in [-0.2, -0.15) is 0 Å². The van der Waals surface area contributed by atoms with Gasteiger partial charge in [-0.1, -0.05) is 42.5 Å². The zero-order valence-electron chi connectivity index (χ0n) is 17.5. The molecule has 4 aromatic rings. The fraction of sp³-hybridized carbons (Fsp3) is 0.269. The summed E-state index contributed by atoms with van der Waals surface area (Å²) in [6.45, 7) is 2.94. The third-order valence-corrected chi connectivity index (χ3v) is 6.32. The van der Waals surface area contributed by atoms with E-state index in [2.05, 4.69) is 70.2 Å². The molecule has 0 saturated heterocycles. The summed E-state index contributed by atoms with van der Waals surface area (Å²) in [6.07, 6.45) is 2.89. The van der Waals surface area contributed by atoms with E-state index in [1.807, 2.05) is 20.0 Å². The fourth-order valence-corrected chi connectivity index (χ4v) is 4.51. The van der Waals surface area contributed by atoms with Crippen molar-refractivity contribution in [2.24, 2.45) is 0 Å². The number of hydrogen-bond acceptors (Lipinski definition) is 2. The summed E-state index contributed by atoms with van der Waals surface area (Å²) < 4.78 is 0. The van der Waals surface area contributed by atoms with Gasteiger partial charge >= 0.3 is 0 Å². The average Bonchev–Trinajstić information content (AvgIpc) is 3.42. The number of likely N-dealkylation sites (N-methyl/N-ethyl adjacent to an activating group) is 1. The molecule has 30 heavy (non-hydrogen) atoms. The number of aromatic amines is 1. The van der Waals surface area contributed by atoms with Crippen LogP contribution in [0.2, 0.25) is 0 Å². The zero-order valence-corrected chi connectivity index (χ0v) is 17.5. The average molecular weight is 398 g/mol. The Morgan fingerprint density at radius 1 is 1.03 bits per heavy atom. The smallest absolute Gasteiger partial charge is 0.252 e. The van der Waals surface area contributed by atoms with Crippen LogP contribution in [0, 0.1) is 6.92 Å². The van der Waals surface area contributed by atoms with Gasteiger partial charge in [-0.25, -0.2) is 0 Å². The lowest BCUT2D eigenvalue weighted by molar-refractivity contribution is 0.0930. The van der Waals surface area contributed by atoms with Crippen LogP contribution in [0.4, 0.5) is 0 Å². The molecule has 1 aliphatic rings. The van der Waals surface area contributed by atoms with E-state index in [0.29, 0.717) is 0 Å². The molecule has 1 heterocycles. The van der Waals surface area contributed by atoms with Crippen molar-refractivity contribution < 1.29 is 4.79 Å².